The van der Waals surface area contributed by atoms with Crippen LogP contribution >= 0.6 is 0 Å². The molecule has 11 nitrogen and oxygen atoms in total. The van der Waals surface area contributed by atoms with Crippen LogP contribution in [0, 0.1) is 0 Å². The van der Waals surface area contributed by atoms with Gasteiger partial charge in [0.05, 0.1) is 37.0 Å². The molecular formula is C28H28F3N7O4. The molecule has 5 rings (SSSR count). The number of anilines is 3. The number of amides is 1. The van der Waals surface area contributed by atoms with Crippen LogP contribution in [-0.2, 0) is 17.3 Å². The van der Waals surface area contributed by atoms with Gasteiger partial charge in [0.2, 0.25) is 5.95 Å². The Morgan fingerprint density at radius 3 is 2.50 bits per heavy atom. The number of carbonyl (C=O) groups excluding carboxylic acids is 1. The Morgan fingerprint density at radius 1 is 1.07 bits per heavy atom. The van der Waals surface area contributed by atoms with Crippen molar-refractivity contribution in [3.05, 3.63) is 69.9 Å². The molecule has 0 aliphatic carbocycles. The number of fused-ring (bicyclic) bond motifs is 1. The molecule has 1 aliphatic heterocycles. The molecule has 3 heterocycles. The Balaban J connectivity index is 1.55. The molecule has 14 heteroatoms. The SMILES string of the molecule is CCc1c2cnc(NC)nc2nc(=O)n1-c1cc(NC(=O)c2cc(N3CCOCC3)cc(C(F)(F)F)c2)cc(OC)c1. The monoisotopic (exact) mass is 583 g/mol. The zero-order valence-corrected chi connectivity index (χ0v) is 23.1. The molecule has 42 heavy (non-hydrogen) atoms. The highest BCUT2D eigenvalue weighted by atomic mass is 19.4. The number of morpholine rings is 1. The first kappa shape index (κ1) is 28.8. The zero-order valence-electron chi connectivity index (χ0n) is 23.1. The summed E-state index contributed by atoms with van der Waals surface area (Å²) in [5.74, 6) is -0.147. The van der Waals surface area contributed by atoms with Crippen LogP contribution in [0.2, 0.25) is 0 Å². The van der Waals surface area contributed by atoms with Crippen molar-refractivity contribution in [2.45, 2.75) is 19.5 Å². The van der Waals surface area contributed by atoms with Gasteiger partial charge in [-0.05, 0) is 30.7 Å². The van der Waals surface area contributed by atoms with Gasteiger partial charge in [-0.3, -0.25) is 9.36 Å². The van der Waals surface area contributed by atoms with Crippen LogP contribution in [0.15, 0.2) is 47.4 Å². The largest absolute Gasteiger partial charge is 0.497 e. The first-order valence-electron chi connectivity index (χ1n) is 13.1. The summed E-state index contributed by atoms with van der Waals surface area (Å²) < 4.78 is 53.4. The van der Waals surface area contributed by atoms with Crippen LogP contribution in [0.25, 0.3) is 16.7 Å². The van der Waals surface area contributed by atoms with E-state index in [-0.39, 0.29) is 22.6 Å². The Labute approximate surface area is 238 Å². The van der Waals surface area contributed by atoms with Crippen molar-refractivity contribution in [1.29, 1.82) is 0 Å². The third-order valence-electron chi connectivity index (χ3n) is 6.83. The number of alkyl halides is 3. The molecule has 0 saturated carbocycles. The normalized spacial score (nSPS) is 13.7. The van der Waals surface area contributed by atoms with Gasteiger partial charge in [0.15, 0.2) is 5.65 Å². The van der Waals surface area contributed by atoms with Crippen LogP contribution in [0.4, 0.5) is 30.5 Å². The van der Waals surface area contributed by atoms with E-state index in [1.165, 1.54) is 29.9 Å². The molecule has 0 radical (unpaired) electrons. The second-order valence-corrected chi connectivity index (χ2v) is 9.45. The molecule has 0 atom stereocenters. The number of nitrogens with zero attached hydrogens (tertiary/aromatic N) is 5. The molecule has 1 saturated heterocycles. The van der Waals surface area contributed by atoms with E-state index in [0.717, 1.165) is 12.1 Å². The van der Waals surface area contributed by atoms with Crippen LogP contribution in [-0.4, -0.2) is 65.9 Å². The molecule has 1 fully saturated rings. The van der Waals surface area contributed by atoms with E-state index in [9.17, 15) is 22.8 Å². The summed E-state index contributed by atoms with van der Waals surface area (Å²) in [5.41, 5.74) is -0.115. The van der Waals surface area contributed by atoms with Crippen molar-refractivity contribution < 1.29 is 27.4 Å². The smallest absolute Gasteiger partial charge is 0.416 e. The molecule has 1 amide bonds. The number of rotatable bonds is 7. The standard InChI is InChI=1S/C28H28F3N7O4/c1-4-23-22-15-33-26(32-2)35-24(22)36-27(40)38(23)20-12-18(13-21(14-20)41-3)34-25(39)16-9-17(28(29,30)31)11-19(10-16)37-5-7-42-8-6-37/h9-15H,4-8H2,1-3H3,(H,34,39)(H,32,35,36,40). The number of methoxy groups -OCH3 is 1. The minimum absolute atomic E-state index is 0.174. The van der Waals surface area contributed by atoms with Crippen molar-refractivity contribution in [2.24, 2.45) is 0 Å². The Hall–Kier alpha value is -4.72. The molecule has 220 valence electrons. The second-order valence-electron chi connectivity index (χ2n) is 9.45. The number of nitrogens with one attached hydrogen (secondary N) is 2. The molecular weight excluding hydrogens is 555 g/mol. The lowest BCUT2D eigenvalue weighted by molar-refractivity contribution is -0.137. The zero-order chi connectivity index (χ0) is 30.0. The van der Waals surface area contributed by atoms with E-state index in [1.807, 2.05) is 6.92 Å². The number of halogens is 3. The topological polar surface area (TPSA) is 124 Å². The van der Waals surface area contributed by atoms with Crippen molar-refractivity contribution in [3.63, 3.8) is 0 Å². The van der Waals surface area contributed by atoms with Crippen molar-refractivity contribution >= 4 is 34.3 Å². The molecule has 2 aromatic heterocycles. The van der Waals surface area contributed by atoms with Gasteiger partial charge in [-0.1, -0.05) is 6.92 Å². The number of hydrogen-bond donors (Lipinski definition) is 2. The highest BCUT2D eigenvalue weighted by Gasteiger charge is 2.32. The van der Waals surface area contributed by atoms with Gasteiger partial charge < -0.3 is 25.0 Å². The summed E-state index contributed by atoms with van der Waals surface area (Å²) in [5, 5.41) is 6.03. The Bertz CT molecular complexity index is 1700. The highest BCUT2D eigenvalue weighted by Crippen LogP contribution is 2.34. The van der Waals surface area contributed by atoms with Gasteiger partial charge in [-0.2, -0.15) is 23.1 Å². The van der Waals surface area contributed by atoms with Crippen molar-refractivity contribution in [1.82, 2.24) is 19.5 Å². The fraction of sp³-hybridized carbons (Fsp3) is 0.321. The van der Waals surface area contributed by atoms with Crippen LogP contribution in [0.1, 0.15) is 28.5 Å². The lowest BCUT2D eigenvalue weighted by Crippen LogP contribution is -2.36. The van der Waals surface area contributed by atoms with E-state index in [1.54, 1.807) is 24.2 Å². The van der Waals surface area contributed by atoms with Crippen molar-refractivity contribution in [3.8, 4) is 11.4 Å². The van der Waals surface area contributed by atoms with E-state index in [2.05, 4.69) is 25.6 Å². The van der Waals surface area contributed by atoms with Crippen molar-refractivity contribution in [2.75, 3.05) is 56.0 Å². The fourth-order valence-corrected chi connectivity index (χ4v) is 4.79. The highest BCUT2D eigenvalue weighted by molar-refractivity contribution is 6.05. The lowest BCUT2D eigenvalue weighted by atomic mass is 10.1. The molecule has 1 aliphatic rings. The molecule has 4 aromatic rings. The number of benzene rings is 2. The number of carbonyl (C=O) groups is 1. The number of hydrogen-bond acceptors (Lipinski definition) is 9. The maximum absolute atomic E-state index is 13.8. The number of ether oxygens (including phenoxy) is 2. The predicted molar refractivity (Wildman–Crippen MR) is 151 cm³/mol. The maximum atomic E-state index is 13.8. The molecule has 0 unspecified atom stereocenters. The number of aryl methyl sites for hydroxylation is 1. The summed E-state index contributed by atoms with van der Waals surface area (Å²) in [6.07, 6.45) is -2.67. The van der Waals surface area contributed by atoms with Gasteiger partial charge >= 0.3 is 11.9 Å². The van der Waals surface area contributed by atoms with E-state index in [4.69, 9.17) is 9.47 Å². The number of aromatic nitrogens is 4. The maximum Gasteiger partial charge on any atom is 0.416 e. The fourth-order valence-electron chi connectivity index (χ4n) is 4.79. The Morgan fingerprint density at radius 2 is 1.83 bits per heavy atom. The van der Waals surface area contributed by atoms with Gasteiger partial charge in [0, 0.05) is 61.1 Å². The second kappa shape index (κ2) is 11.6. The summed E-state index contributed by atoms with van der Waals surface area (Å²) in [4.78, 5) is 40.9. The average molecular weight is 584 g/mol. The summed E-state index contributed by atoms with van der Waals surface area (Å²) in [6, 6.07) is 7.88. The average Bonchev–Trinajstić information content (AvgIpc) is 2.99. The van der Waals surface area contributed by atoms with Crippen LogP contribution in [0.5, 0.6) is 5.75 Å². The minimum atomic E-state index is -4.65. The quantitative estimate of drug-likeness (QED) is 0.334. The first-order valence-corrected chi connectivity index (χ1v) is 13.1. The lowest BCUT2D eigenvalue weighted by Gasteiger charge is -2.29. The van der Waals surface area contributed by atoms with E-state index < -0.39 is 23.3 Å². The third-order valence-corrected chi connectivity index (χ3v) is 6.83. The third kappa shape index (κ3) is 5.84. The van der Waals surface area contributed by atoms with Gasteiger partial charge in [-0.25, -0.2) is 9.78 Å². The molecule has 0 spiro atoms. The van der Waals surface area contributed by atoms with Crippen LogP contribution in [0.3, 0.4) is 0 Å². The minimum Gasteiger partial charge on any atom is -0.497 e. The summed E-state index contributed by atoms with van der Waals surface area (Å²) in [7, 11) is 3.07. The first-order chi connectivity index (χ1) is 20.1. The Kier molecular flexibility index (Phi) is 7.98. The summed E-state index contributed by atoms with van der Waals surface area (Å²) in [6.45, 7) is 3.40. The molecule has 0 bridgehead atoms. The van der Waals surface area contributed by atoms with Gasteiger partial charge in [0.25, 0.3) is 5.91 Å². The molecule has 2 aromatic carbocycles. The van der Waals surface area contributed by atoms with E-state index in [0.29, 0.717) is 61.2 Å². The summed E-state index contributed by atoms with van der Waals surface area (Å²) >= 11 is 0. The van der Waals surface area contributed by atoms with Gasteiger partial charge in [-0.15, -0.1) is 0 Å². The van der Waals surface area contributed by atoms with E-state index >= 15 is 0 Å². The van der Waals surface area contributed by atoms with Crippen LogP contribution < -0.4 is 26.0 Å². The van der Waals surface area contributed by atoms with Gasteiger partial charge in [0.1, 0.15) is 5.75 Å². The predicted octanol–water partition coefficient (Wildman–Crippen LogP) is 3.90. The molecule has 2 N–H and O–H groups in total.